The summed E-state index contributed by atoms with van der Waals surface area (Å²) in [7, 11) is -3.56. The first-order chi connectivity index (χ1) is 11.0. The summed E-state index contributed by atoms with van der Waals surface area (Å²) in [6.45, 7) is 4.18. The van der Waals surface area contributed by atoms with Gasteiger partial charge in [0.15, 0.2) is 0 Å². The van der Waals surface area contributed by atoms with Crippen molar-refractivity contribution in [1.29, 1.82) is 0 Å². The number of benzene rings is 1. The second-order valence-corrected chi connectivity index (χ2v) is 7.56. The molecule has 0 saturated carbocycles. The third kappa shape index (κ3) is 3.30. The van der Waals surface area contributed by atoms with Crippen LogP contribution in [0.2, 0.25) is 0 Å². The molecule has 7 heteroatoms. The molecule has 2 aromatic rings. The van der Waals surface area contributed by atoms with E-state index in [-0.39, 0.29) is 10.5 Å². The van der Waals surface area contributed by atoms with Crippen LogP contribution in [0.25, 0.3) is 0 Å². The number of rotatable bonds is 3. The number of hydrogen-bond donors (Lipinski definition) is 1. The van der Waals surface area contributed by atoms with Crippen LogP contribution in [0.1, 0.15) is 5.56 Å². The van der Waals surface area contributed by atoms with Gasteiger partial charge in [0.05, 0.1) is 4.90 Å². The predicted molar refractivity (Wildman–Crippen MR) is 89.2 cm³/mol. The molecule has 1 aromatic carbocycles. The molecule has 1 N–H and O–H groups in total. The quantitative estimate of drug-likeness (QED) is 0.916. The topological polar surface area (TPSA) is 73.5 Å². The molecule has 0 unspecified atom stereocenters. The monoisotopic (exact) mass is 333 g/mol. The Morgan fingerprint density at radius 1 is 1.04 bits per heavy atom. The third-order valence-corrected chi connectivity index (χ3v) is 5.89. The van der Waals surface area contributed by atoms with Crippen molar-refractivity contribution in [2.75, 3.05) is 31.1 Å². The number of sulfonamides is 1. The van der Waals surface area contributed by atoms with Crippen LogP contribution >= 0.6 is 0 Å². The van der Waals surface area contributed by atoms with Gasteiger partial charge in [0.25, 0.3) is 0 Å². The minimum Gasteiger partial charge on any atom is -0.369 e. The summed E-state index contributed by atoms with van der Waals surface area (Å²) in [5, 5.41) is 0. The molecular formula is C16H19N3O3S. The van der Waals surface area contributed by atoms with Crippen molar-refractivity contribution >= 4 is 15.7 Å². The van der Waals surface area contributed by atoms with Gasteiger partial charge in [0.2, 0.25) is 15.6 Å². The van der Waals surface area contributed by atoms with Crippen molar-refractivity contribution in [2.45, 2.75) is 11.8 Å². The van der Waals surface area contributed by atoms with E-state index in [1.54, 1.807) is 0 Å². The first-order valence-electron chi connectivity index (χ1n) is 7.47. The molecule has 23 heavy (non-hydrogen) atoms. The van der Waals surface area contributed by atoms with E-state index in [2.05, 4.69) is 16.0 Å². The summed E-state index contributed by atoms with van der Waals surface area (Å²) in [4.78, 5) is 15.8. The maximum Gasteiger partial charge on any atom is 0.247 e. The average Bonchev–Trinajstić information content (AvgIpc) is 2.55. The molecule has 1 aliphatic heterocycles. The number of nitrogens with one attached hydrogen (secondary N) is 1. The zero-order valence-electron chi connectivity index (χ0n) is 12.9. The minimum atomic E-state index is -3.56. The van der Waals surface area contributed by atoms with E-state index in [1.165, 1.54) is 28.2 Å². The van der Waals surface area contributed by atoms with E-state index in [4.69, 9.17) is 0 Å². The van der Waals surface area contributed by atoms with Gasteiger partial charge in [-0.3, -0.25) is 4.79 Å². The molecule has 0 spiro atoms. The van der Waals surface area contributed by atoms with Crippen molar-refractivity contribution in [3.63, 3.8) is 0 Å². The predicted octanol–water partition coefficient (Wildman–Crippen LogP) is 1.19. The highest BCUT2D eigenvalue weighted by molar-refractivity contribution is 7.89. The molecule has 3 rings (SSSR count). The average molecular weight is 333 g/mol. The molecule has 0 atom stereocenters. The number of hydrogen-bond acceptors (Lipinski definition) is 4. The van der Waals surface area contributed by atoms with Gasteiger partial charge in [-0.15, -0.1) is 0 Å². The van der Waals surface area contributed by atoms with Crippen LogP contribution in [-0.2, 0) is 10.0 Å². The summed E-state index contributed by atoms with van der Waals surface area (Å²) >= 11 is 0. The van der Waals surface area contributed by atoms with Gasteiger partial charge in [-0.2, -0.15) is 4.31 Å². The Kier molecular flexibility index (Phi) is 4.23. The van der Waals surface area contributed by atoms with E-state index in [1.807, 2.05) is 25.1 Å². The van der Waals surface area contributed by atoms with Crippen LogP contribution in [0.3, 0.4) is 0 Å². The number of pyridine rings is 1. The fourth-order valence-corrected chi connectivity index (χ4v) is 4.11. The number of nitrogens with zero attached hydrogens (tertiary/aromatic N) is 2. The van der Waals surface area contributed by atoms with Crippen LogP contribution in [0, 0.1) is 6.92 Å². The van der Waals surface area contributed by atoms with E-state index < -0.39 is 10.0 Å². The molecule has 0 bridgehead atoms. The lowest BCUT2D eigenvalue weighted by Gasteiger charge is -2.35. The highest BCUT2D eigenvalue weighted by atomic mass is 32.2. The van der Waals surface area contributed by atoms with Crippen molar-refractivity contribution in [2.24, 2.45) is 0 Å². The van der Waals surface area contributed by atoms with Gasteiger partial charge >= 0.3 is 0 Å². The molecule has 6 nitrogen and oxygen atoms in total. The Labute approximate surface area is 135 Å². The maximum absolute atomic E-state index is 12.6. The first kappa shape index (κ1) is 15.8. The number of piperazine rings is 1. The molecule has 1 aromatic heterocycles. The normalized spacial score (nSPS) is 16.5. The van der Waals surface area contributed by atoms with Crippen molar-refractivity contribution in [3.8, 4) is 0 Å². The number of aryl methyl sites for hydroxylation is 1. The summed E-state index contributed by atoms with van der Waals surface area (Å²) in [6, 6.07) is 10.8. The molecule has 1 aliphatic rings. The highest BCUT2D eigenvalue weighted by Gasteiger charge is 2.28. The van der Waals surface area contributed by atoms with Crippen LogP contribution in [-0.4, -0.2) is 43.9 Å². The summed E-state index contributed by atoms with van der Waals surface area (Å²) < 4.78 is 26.6. The zero-order chi connectivity index (χ0) is 16.4. The lowest BCUT2D eigenvalue weighted by Crippen LogP contribution is -2.48. The molecule has 2 heterocycles. The van der Waals surface area contributed by atoms with Gasteiger partial charge in [0, 0.05) is 44.1 Å². The Morgan fingerprint density at radius 3 is 2.39 bits per heavy atom. The number of aromatic amines is 1. The van der Waals surface area contributed by atoms with E-state index in [9.17, 15) is 13.2 Å². The Bertz CT molecular complexity index is 832. The van der Waals surface area contributed by atoms with E-state index in [0.29, 0.717) is 26.2 Å². The van der Waals surface area contributed by atoms with Crippen LogP contribution in [0.15, 0.2) is 52.3 Å². The SMILES string of the molecule is Cc1cccc(N2CCN(S(=O)(=O)c3ccc(=O)[nH]c3)CC2)c1. The van der Waals surface area contributed by atoms with Crippen LogP contribution < -0.4 is 10.5 Å². The van der Waals surface area contributed by atoms with Gasteiger partial charge < -0.3 is 9.88 Å². The lowest BCUT2D eigenvalue weighted by atomic mass is 10.2. The maximum atomic E-state index is 12.6. The van der Waals surface area contributed by atoms with Crippen molar-refractivity contribution in [1.82, 2.24) is 9.29 Å². The smallest absolute Gasteiger partial charge is 0.247 e. The van der Waals surface area contributed by atoms with Gasteiger partial charge in [-0.1, -0.05) is 12.1 Å². The molecule has 122 valence electrons. The largest absolute Gasteiger partial charge is 0.369 e. The molecular weight excluding hydrogens is 314 g/mol. The third-order valence-electron chi connectivity index (χ3n) is 4.00. The first-order valence-corrected chi connectivity index (χ1v) is 8.91. The lowest BCUT2D eigenvalue weighted by molar-refractivity contribution is 0.384. The Balaban J connectivity index is 1.73. The molecule has 0 aliphatic carbocycles. The zero-order valence-corrected chi connectivity index (χ0v) is 13.7. The highest BCUT2D eigenvalue weighted by Crippen LogP contribution is 2.21. The minimum absolute atomic E-state index is 0.126. The molecule has 0 amide bonds. The fraction of sp³-hybridized carbons (Fsp3) is 0.312. The summed E-state index contributed by atoms with van der Waals surface area (Å²) in [6.07, 6.45) is 1.25. The van der Waals surface area contributed by atoms with Crippen molar-refractivity contribution < 1.29 is 8.42 Å². The molecule has 1 fully saturated rings. The van der Waals surface area contributed by atoms with E-state index >= 15 is 0 Å². The Morgan fingerprint density at radius 2 is 1.78 bits per heavy atom. The second kappa shape index (κ2) is 6.17. The second-order valence-electron chi connectivity index (χ2n) is 5.62. The molecule has 0 radical (unpaired) electrons. The van der Waals surface area contributed by atoms with Gasteiger partial charge in [0.1, 0.15) is 0 Å². The fourth-order valence-electron chi connectivity index (χ4n) is 2.72. The number of anilines is 1. The summed E-state index contributed by atoms with van der Waals surface area (Å²) in [5.41, 5.74) is 1.99. The van der Waals surface area contributed by atoms with Crippen LogP contribution in [0.4, 0.5) is 5.69 Å². The van der Waals surface area contributed by atoms with Crippen molar-refractivity contribution in [3.05, 3.63) is 58.5 Å². The Hall–Kier alpha value is -2.12. The number of H-pyrrole nitrogens is 1. The standard InChI is InChI=1S/C16H19N3O3S/c1-13-3-2-4-14(11-13)18-7-9-19(10-8-18)23(21,22)15-5-6-16(20)17-12-15/h2-6,11-12H,7-10H2,1H3,(H,17,20). The van der Waals surface area contributed by atoms with Crippen LogP contribution in [0.5, 0.6) is 0 Å². The summed E-state index contributed by atoms with van der Waals surface area (Å²) in [5.74, 6) is 0. The van der Waals surface area contributed by atoms with E-state index in [0.717, 1.165) is 5.69 Å². The molecule has 1 saturated heterocycles. The van der Waals surface area contributed by atoms with Gasteiger partial charge in [-0.05, 0) is 30.7 Å². The van der Waals surface area contributed by atoms with Gasteiger partial charge in [-0.25, -0.2) is 8.42 Å². The number of aromatic nitrogens is 1.